The van der Waals surface area contributed by atoms with E-state index in [0.29, 0.717) is 16.4 Å². The summed E-state index contributed by atoms with van der Waals surface area (Å²) < 4.78 is 13.5. The number of hydrogen-bond acceptors (Lipinski definition) is 1. The average Bonchev–Trinajstić information content (AvgIpc) is 2.75. The molecule has 0 aliphatic heterocycles. The Morgan fingerprint density at radius 1 is 1.17 bits per heavy atom. The molecule has 18 heavy (non-hydrogen) atoms. The average molecular weight is 261 g/mol. The predicted octanol–water partition coefficient (Wildman–Crippen LogP) is 4.33. The van der Waals surface area contributed by atoms with Crippen molar-refractivity contribution in [2.24, 2.45) is 0 Å². The molecule has 3 aromatic rings. The van der Waals surface area contributed by atoms with Crippen LogP contribution in [-0.2, 0) is 0 Å². The Morgan fingerprint density at radius 3 is 2.78 bits per heavy atom. The molecular formula is C14H10ClFN2. The summed E-state index contributed by atoms with van der Waals surface area (Å²) in [5.74, 6) is 0.414. The quantitative estimate of drug-likeness (QED) is 0.693. The molecule has 0 amide bonds. The second-order valence-corrected chi connectivity index (χ2v) is 4.65. The van der Waals surface area contributed by atoms with Gasteiger partial charge in [0.25, 0.3) is 0 Å². The van der Waals surface area contributed by atoms with E-state index in [9.17, 15) is 4.39 Å². The van der Waals surface area contributed by atoms with Crippen molar-refractivity contribution in [1.82, 2.24) is 9.97 Å². The number of aryl methyl sites for hydroxylation is 1. The van der Waals surface area contributed by atoms with Gasteiger partial charge in [0.05, 0.1) is 11.0 Å². The molecule has 0 fully saturated rings. The van der Waals surface area contributed by atoms with Crippen LogP contribution in [0.1, 0.15) is 5.56 Å². The second-order valence-electron chi connectivity index (χ2n) is 4.21. The number of nitrogens with zero attached hydrogens (tertiary/aromatic N) is 1. The summed E-state index contributed by atoms with van der Waals surface area (Å²) in [6.07, 6.45) is 0. The molecule has 2 aromatic carbocycles. The normalized spacial score (nSPS) is 11.1. The third kappa shape index (κ3) is 1.87. The minimum Gasteiger partial charge on any atom is -0.338 e. The van der Waals surface area contributed by atoms with Gasteiger partial charge >= 0.3 is 0 Å². The molecule has 1 N–H and O–H groups in total. The lowest BCUT2D eigenvalue weighted by Gasteiger charge is -1.99. The van der Waals surface area contributed by atoms with Gasteiger partial charge in [-0.1, -0.05) is 23.7 Å². The largest absolute Gasteiger partial charge is 0.338 e. The first-order valence-corrected chi connectivity index (χ1v) is 5.93. The van der Waals surface area contributed by atoms with Crippen LogP contribution in [0.25, 0.3) is 22.4 Å². The van der Waals surface area contributed by atoms with Gasteiger partial charge in [-0.25, -0.2) is 9.37 Å². The minimum atomic E-state index is -0.231. The van der Waals surface area contributed by atoms with E-state index in [0.717, 1.165) is 16.6 Å². The van der Waals surface area contributed by atoms with Gasteiger partial charge < -0.3 is 4.98 Å². The van der Waals surface area contributed by atoms with Gasteiger partial charge in [-0.2, -0.15) is 0 Å². The summed E-state index contributed by atoms with van der Waals surface area (Å²) in [6, 6.07) is 10.5. The maximum Gasteiger partial charge on any atom is 0.138 e. The molecule has 0 saturated carbocycles. The van der Waals surface area contributed by atoms with Crippen molar-refractivity contribution in [2.45, 2.75) is 6.92 Å². The zero-order valence-electron chi connectivity index (χ0n) is 9.67. The van der Waals surface area contributed by atoms with Crippen molar-refractivity contribution < 1.29 is 4.39 Å². The number of hydrogen-bond donors (Lipinski definition) is 1. The minimum absolute atomic E-state index is 0.231. The summed E-state index contributed by atoms with van der Waals surface area (Å²) in [7, 11) is 0. The van der Waals surface area contributed by atoms with Gasteiger partial charge in [-0.15, -0.1) is 0 Å². The second kappa shape index (κ2) is 4.10. The van der Waals surface area contributed by atoms with Crippen LogP contribution in [0.3, 0.4) is 0 Å². The number of imidazole rings is 1. The Hall–Kier alpha value is -1.87. The SMILES string of the molecule is Cc1ccc(-c2nc3ccc(Cl)cc3[nH]2)cc1F. The summed E-state index contributed by atoms with van der Waals surface area (Å²) in [5, 5.41) is 0.646. The highest BCUT2D eigenvalue weighted by Crippen LogP contribution is 2.24. The van der Waals surface area contributed by atoms with E-state index in [1.807, 2.05) is 12.1 Å². The fourth-order valence-corrected chi connectivity index (χ4v) is 2.03. The lowest BCUT2D eigenvalue weighted by Crippen LogP contribution is -1.85. The zero-order chi connectivity index (χ0) is 12.7. The van der Waals surface area contributed by atoms with E-state index < -0.39 is 0 Å². The third-order valence-corrected chi connectivity index (χ3v) is 3.12. The maximum absolute atomic E-state index is 13.5. The van der Waals surface area contributed by atoms with E-state index in [4.69, 9.17) is 11.6 Å². The molecule has 0 spiro atoms. The standard InChI is InChI=1S/C14H10ClFN2/c1-8-2-3-9(6-11(8)16)14-17-12-5-4-10(15)7-13(12)18-14/h2-7H,1H3,(H,17,18). The molecule has 2 nitrogen and oxygen atoms in total. The van der Waals surface area contributed by atoms with Crippen LogP contribution in [0.15, 0.2) is 36.4 Å². The van der Waals surface area contributed by atoms with Crippen molar-refractivity contribution in [3.63, 3.8) is 0 Å². The monoisotopic (exact) mass is 260 g/mol. The molecule has 0 aliphatic carbocycles. The highest BCUT2D eigenvalue weighted by Gasteiger charge is 2.07. The molecule has 0 saturated heterocycles. The number of halogens is 2. The Labute approximate surface area is 108 Å². The van der Waals surface area contributed by atoms with E-state index in [1.165, 1.54) is 6.07 Å². The first-order valence-electron chi connectivity index (χ1n) is 5.55. The van der Waals surface area contributed by atoms with Crippen LogP contribution >= 0.6 is 11.6 Å². The molecule has 3 rings (SSSR count). The van der Waals surface area contributed by atoms with Crippen LogP contribution in [0.2, 0.25) is 5.02 Å². The molecule has 90 valence electrons. The van der Waals surface area contributed by atoms with Crippen LogP contribution < -0.4 is 0 Å². The predicted molar refractivity (Wildman–Crippen MR) is 71.2 cm³/mol. The van der Waals surface area contributed by atoms with Gasteiger partial charge in [0, 0.05) is 10.6 Å². The van der Waals surface area contributed by atoms with Crippen LogP contribution in [0.5, 0.6) is 0 Å². The van der Waals surface area contributed by atoms with Crippen molar-refractivity contribution in [1.29, 1.82) is 0 Å². The van der Waals surface area contributed by atoms with Crippen molar-refractivity contribution in [3.8, 4) is 11.4 Å². The summed E-state index contributed by atoms with van der Waals surface area (Å²) in [6.45, 7) is 1.73. The van der Waals surface area contributed by atoms with E-state index in [2.05, 4.69) is 9.97 Å². The van der Waals surface area contributed by atoms with E-state index >= 15 is 0 Å². The Kier molecular flexibility index (Phi) is 2.56. The molecule has 0 bridgehead atoms. The Morgan fingerprint density at radius 2 is 2.00 bits per heavy atom. The molecular weight excluding hydrogens is 251 g/mol. The Balaban J connectivity index is 2.16. The number of aromatic nitrogens is 2. The van der Waals surface area contributed by atoms with Crippen molar-refractivity contribution in [2.75, 3.05) is 0 Å². The summed E-state index contributed by atoms with van der Waals surface area (Å²) >= 11 is 5.91. The number of rotatable bonds is 1. The lowest BCUT2D eigenvalue weighted by molar-refractivity contribution is 0.619. The van der Waals surface area contributed by atoms with Gasteiger partial charge in [0.1, 0.15) is 11.6 Å². The smallest absolute Gasteiger partial charge is 0.138 e. The molecule has 4 heteroatoms. The highest BCUT2D eigenvalue weighted by molar-refractivity contribution is 6.31. The van der Waals surface area contributed by atoms with Gasteiger partial charge in [0.2, 0.25) is 0 Å². The fourth-order valence-electron chi connectivity index (χ4n) is 1.86. The third-order valence-electron chi connectivity index (χ3n) is 2.89. The molecule has 1 aromatic heterocycles. The zero-order valence-corrected chi connectivity index (χ0v) is 10.4. The van der Waals surface area contributed by atoms with Crippen molar-refractivity contribution >= 4 is 22.6 Å². The number of aromatic amines is 1. The number of H-pyrrole nitrogens is 1. The molecule has 0 aliphatic rings. The van der Waals surface area contributed by atoms with Crippen LogP contribution in [0, 0.1) is 12.7 Å². The topological polar surface area (TPSA) is 28.7 Å². The van der Waals surface area contributed by atoms with Gasteiger partial charge in [-0.05, 0) is 36.8 Å². The van der Waals surface area contributed by atoms with E-state index in [1.54, 1.807) is 25.1 Å². The number of benzene rings is 2. The van der Waals surface area contributed by atoms with Crippen LogP contribution in [0.4, 0.5) is 4.39 Å². The maximum atomic E-state index is 13.5. The van der Waals surface area contributed by atoms with Crippen LogP contribution in [-0.4, -0.2) is 9.97 Å². The first kappa shape index (κ1) is 11.2. The first-order chi connectivity index (χ1) is 8.63. The fraction of sp³-hybridized carbons (Fsp3) is 0.0714. The number of fused-ring (bicyclic) bond motifs is 1. The lowest BCUT2D eigenvalue weighted by atomic mass is 10.1. The van der Waals surface area contributed by atoms with Gasteiger partial charge in [0.15, 0.2) is 0 Å². The summed E-state index contributed by atoms with van der Waals surface area (Å²) in [4.78, 5) is 7.55. The molecule has 0 unspecified atom stereocenters. The highest BCUT2D eigenvalue weighted by atomic mass is 35.5. The van der Waals surface area contributed by atoms with Crippen molar-refractivity contribution in [3.05, 3.63) is 52.8 Å². The Bertz CT molecular complexity index is 734. The summed E-state index contributed by atoms with van der Waals surface area (Å²) in [5.41, 5.74) is 3.01. The molecule has 0 radical (unpaired) electrons. The van der Waals surface area contributed by atoms with Gasteiger partial charge in [-0.3, -0.25) is 0 Å². The van der Waals surface area contributed by atoms with E-state index in [-0.39, 0.29) is 5.82 Å². The molecule has 0 atom stereocenters. The number of nitrogens with one attached hydrogen (secondary N) is 1. The molecule has 1 heterocycles.